The van der Waals surface area contributed by atoms with E-state index in [9.17, 15) is 30.8 Å². The molecule has 0 fully saturated rings. The van der Waals surface area contributed by atoms with Gasteiger partial charge in [-0.25, -0.2) is 17.5 Å². The lowest BCUT2D eigenvalue weighted by atomic mass is 9.99. The molecule has 0 aliphatic carbocycles. The van der Waals surface area contributed by atoms with Crippen LogP contribution >= 0.6 is 0 Å². The van der Waals surface area contributed by atoms with Gasteiger partial charge in [-0.05, 0) is 35.9 Å². The van der Waals surface area contributed by atoms with Crippen molar-refractivity contribution in [3.05, 3.63) is 65.5 Å². The second-order valence-electron chi connectivity index (χ2n) is 5.38. The van der Waals surface area contributed by atoms with E-state index >= 15 is 0 Å². The first-order valence-corrected chi connectivity index (χ1v) is 8.71. The lowest BCUT2D eigenvalue weighted by molar-refractivity contribution is -0.137. The minimum Gasteiger partial charge on any atom is -0.369 e. The molecule has 0 saturated heterocycles. The van der Waals surface area contributed by atoms with Gasteiger partial charge in [-0.3, -0.25) is 4.79 Å². The molecule has 1 atom stereocenters. The van der Waals surface area contributed by atoms with Crippen molar-refractivity contribution in [1.29, 1.82) is 0 Å². The molecule has 26 heavy (non-hydrogen) atoms. The lowest BCUT2D eigenvalue weighted by Gasteiger charge is -2.15. The van der Waals surface area contributed by atoms with Crippen molar-refractivity contribution in [2.45, 2.75) is 17.0 Å². The molecule has 140 valence electrons. The largest absolute Gasteiger partial charge is 0.416 e. The van der Waals surface area contributed by atoms with Crippen molar-refractivity contribution in [2.24, 2.45) is 5.73 Å². The van der Waals surface area contributed by atoms with Gasteiger partial charge in [-0.1, -0.05) is 18.2 Å². The van der Waals surface area contributed by atoms with Crippen molar-refractivity contribution < 1.29 is 30.8 Å². The maximum Gasteiger partial charge on any atom is 0.416 e. The average molecular weight is 390 g/mol. The Hall–Kier alpha value is -2.46. The number of alkyl halides is 3. The summed E-state index contributed by atoms with van der Waals surface area (Å²) in [5.74, 6) is -2.54. The van der Waals surface area contributed by atoms with Gasteiger partial charge in [0.2, 0.25) is 15.9 Å². The zero-order valence-corrected chi connectivity index (χ0v) is 13.9. The van der Waals surface area contributed by atoms with E-state index in [2.05, 4.69) is 4.72 Å². The van der Waals surface area contributed by atoms with Gasteiger partial charge < -0.3 is 5.73 Å². The molecule has 2 aromatic rings. The molecule has 0 spiro atoms. The summed E-state index contributed by atoms with van der Waals surface area (Å²) in [6.07, 6.45) is -4.70. The molecule has 2 aromatic carbocycles. The van der Waals surface area contributed by atoms with Gasteiger partial charge in [0.1, 0.15) is 5.82 Å². The van der Waals surface area contributed by atoms with Crippen LogP contribution in [0.2, 0.25) is 0 Å². The molecule has 0 aliphatic rings. The zero-order valence-electron chi connectivity index (χ0n) is 13.1. The third-order valence-corrected chi connectivity index (χ3v) is 4.99. The summed E-state index contributed by atoms with van der Waals surface area (Å²) in [5.41, 5.74) is 4.39. The Balaban J connectivity index is 2.23. The number of hydrogen-bond donors (Lipinski definition) is 2. The van der Waals surface area contributed by atoms with Gasteiger partial charge >= 0.3 is 6.18 Å². The smallest absolute Gasteiger partial charge is 0.369 e. The molecule has 2 rings (SSSR count). The number of benzene rings is 2. The molecule has 0 saturated carbocycles. The number of amides is 1. The van der Waals surface area contributed by atoms with Crippen LogP contribution < -0.4 is 10.5 Å². The van der Waals surface area contributed by atoms with Gasteiger partial charge in [-0.2, -0.15) is 13.2 Å². The van der Waals surface area contributed by atoms with Gasteiger partial charge in [-0.15, -0.1) is 0 Å². The Morgan fingerprint density at radius 1 is 1.12 bits per heavy atom. The first-order chi connectivity index (χ1) is 12.0. The summed E-state index contributed by atoms with van der Waals surface area (Å²) in [5, 5.41) is 0. The van der Waals surface area contributed by atoms with Crippen LogP contribution in [0.25, 0.3) is 0 Å². The van der Waals surface area contributed by atoms with E-state index in [0.717, 1.165) is 30.3 Å². The van der Waals surface area contributed by atoms with Gasteiger partial charge in [0.25, 0.3) is 0 Å². The predicted molar refractivity (Wildman–Crippen MR) is 85.0 cm³/mol. The standard InChI is InChI=1S/C16H14F4N2O3S/c17-12-6-4-10(5-7-12)14(15(21)23)9-22-26(24,25)13-3-1-2-11(8-13)16(18,19)20/h1-8,14,22H,9H2,(H2,21,23). The fourth-order valence-corrected chi connectivity index (χ4v) is 3.29. The van der Waals surface area contributed by atoms with E-state index in [1.165, 1.54) is 12.1 Å². The maximum atomic E-state index is 13.0. The second kappa shape index (κ2) is 7.42. The Bertz CT molecular complexity index is 896. The minimum atomic E-state index is -4.70. The fraction of sp³-hybridized carbons (Fsp3) is 0.188. The molecule has 3 N–H and O–H groups in total. The molecule has 0 aromatic heterocycles. The maximum absolute atomic E-state index is 13.0. The Labute approximate surface area is 146 Å². The Morgan fingerprint density at radius 2 is 1.73 bits per heavy atom. The highest BCUT2D eigenvalue weighted by Gasteiger charge is 2.32. The normalized spacial score (nSPS) is 13.4. The average Bonchev–Trinajstić information content (AvgIpc) is 2.55. The number of hydrogen-bond acceptors (Lipinski definition) is 3. The summed E-state index contributed by atoms with van der Waals surface area (Å²) in [4.78, 5) is 11.0. The van der Waals surface area contributed by atoms with Crippen LogP contribution in [0.5, 0.6) is 0 Å². The summed E-state index contributed by atoms with van der Waals surface area (Å²) in [6.45, 7) is -0.487. The fourth-order valence-electron chi connectivity index (χ4n) is 2.19. The number of carbonyl (C=O) groups is 1. The highest BCUT2D eigenvalue weighted by atomic mass is 32.2. The van der Waals surface area contributed by atoms with Crippen molar-refractivity contribution in [2.75, 3.05) is 6.54 Å². The van der Waals surface area contributed by atoms with Gasteiger partial charge in [0.15, 0.2) is 0 Å². The van der Waals surface area contributed by atoms with Gasteiger partial charge in [0.05, 0.1) is 16.4 Å². The van der Waals surface area contributed by atoms with Crippen LogP contribution in [0.15, 0.2) is 53.4 Å². The van der Waals surface area contributed by atoms with E-state index in [4.69, 9.17) is 5.73 Å². The molecule has 0 heterocycles. The first kappa shape index (κ1) is 19.9. The van der Waals surface area contributed by atoms with E-state index < -0.39 is 50.8 Å². The molecule has 10 heteroatoms. The van der Waals surface area contributed by atoms with Crippen LogP contribution in [-0.4, -0.2) is 20.9 Å². The number of nitrogens with two attached hydrogens (primary N) is 1. The summed E-state index contributed by atoms with van der Waals surface area (Å²) >= 11 is 0. The van der Waals surface area contributed by atoms with Crippen molar-refractivity contribution in [3.63, 3.8) is 0 Å². The zero-order chi connectivity index (χ0) is 19.5. The van der Waals surface area contributed by atoms with Crippen LogP contribution in [0, 0.1) is 5.82 Å². The van der Waals surface area contributed by atoms with Crippen molar-refractivity contribution in [3.8, 4) is 0 Å². The molecular formula is C16H14F4N2O3S. The lowest BCUT2D eigenvalue weighted by Crippen LogP contribution is -2.34. The second-order valence-corrected chi connectivity index (χ2v) is 7.15. The van der Waals surface area contributed by atoms with E-state index in [1.54, 1.807) is 0 Å². The summed E-state index contributed by atoms with van der Waals surface area (Å²) < 4.78 is 77.7. The van der Waals surface area contributed by atoms with E-state index in [0.29, 0.717) is 6.07 Å². The minimum absolute atomic E-state index is 0.269. The predicted octanol–water partition coefficient (Wildman–Crippen LogP) is 2.39. The summed E-state index contributed by atoms with van der Waals surface area (Å²) in [6, 6.07) is 7.87. The highest BCUT2D eigenvalue weighted by Crippen LogP contribution is 2.30. The Kier molecular flexibility index (Phi) is 5.67. The third kappa shape index (κ3) is 4.79. The molecule has 5 nitrogen and oxygen atoms in total. The van der Waals surface area contributed by atoms with Crippen LogP contribution in [0.1, 0.15) is 17.0 Å². The van der Waals surface area contributed by atoms with E-state index in [1.807, 2.05) is 0 Å². The number of rotatable bonds is 6. The third-order valence-electron chi connectivity index (χ3n) is 3.56. The van der Waals surface area contributed by atoms with Gasteiger partial charge in [0, 0.05) is 6.54 Å². The monoisotopic (exact) mass is 390 g/mol. The molecule has 0 radical (unpaired) electrons. The first-order valence-electron chi connectivity index (χ1n) is 7.22. The number of nitrogens with one attached hydrogen (secondary N) is 1. The SMILES string of the molecule is NC(=O)C(CNS(=O)(=O)c1cccc(C(F)(F)F)c1)c1ccc(F)cc1. The van der Waals surface area contributed by atoms with Crippen molar-refractivity contribution >= 4 is 15.9 Å². The summed E-state index contributed by atoms with van der Waals surface area (Å²) in [7, 11) is -4.32. The number of halogens is 4. The van der Waals surface area contributed by atoms with Crippen LogP contribution in [0.4, 0.5) is 17.6 Å². The number of primary amides is 1. The highest BCUT2D eigenvalue weighted by molar-refractivity contribution is 7.89. The van der Waals surface area contributed by atoms with E-state index in [-0.39, 0.29) is 5.56 Å². The quantitative estimate of drug-likeness (QED) is 0.743. The van der Waals surface area contributed by atoms with Crippen molar-refractivity contribution in [1.82, 2.24) is 4.72 Å². The molecule has 0 bridgehead atoms. The molecule has 1 unspecified atom stereocenters. The van der Waals surface area contributed by atoms with Crippen LogP contribution in [-0.2, 0) is 21.0 Å². The molecule has 1 amide bonds. The number of carbonyl (C=O) groups excluding carboxylic acids is 1. The Morgan fingerprint density at radius 3 is 2.27 bits per heavy atom. The topological polar surface area (TPSA) is 89.3 Å². The molecular weight excluding hydrogens is 376 g/mol. The molecule has 0 aliphatic heterocycles. The number of sulfonamides is 1. The van der Waals surface area contributed by atoms with Crippen LogP contribution in [0.3, 0.4) is 0 Å².